The van der Waals surface area contributed by atoms with E-state index in [-0.39, 0.29) is 31.1 Å². The lowest BCUT2D eigenvalue weighted by atomic mass is 9.84. The van der Waals surface area contributed by atoms with Crippen molar-refractivity contribution in [1.29, 1.82) is 0 Å². The van der Waals surface area contributed by atoms with Gasteiger partial charge in [0.2, 0.25) is 5.91 Å². The van der Waals surface area contributed by atoms with Crippen LogP contribution in [-0.4, -0.2) is 45.9 Å². The van der Waals surface area contributed by atoms with E-state index in [0.717, 1.165) is 5.56 Å². The Hall–Kier alpha value is -2.37. The smallest absolute Gasteiger partial charge is 0.326 e. The number of carbonyl (C=O) groups is 3. The zero-order chi connectivity index (χ0) is 17.5. The Bertz CT molecular complexity index is 713. The first-order valence-corrected chi connectivity index (χ1v) is 8.16. The minimum atomic E-state index is -1.03. The normalized spacial score (nSPS) is 25.0. The van der Waals surface area contributed by atoms with Crippen molar-refractivity contribution in [2.75, 3.05) is 6.54 Å². The molecule has 128 valence electrons. The Kier molecular flexibility index (Phi) is 4.07. The van der Waals surface area contributed by atoms with Gasteiger partial charge in [0.1, 0.15) is 17.4 Å². The van der Waals surface area contributed by atoms with Crippen molar-refractivity contribution in [2.45, 2.75) is 51.2 Å². The van der Waals surface area contributed by atoms with Gasteiger partial charge in [-0.1, -0.05) is 11.6 Å². The number of nitrogens with zero attached hydrogens (tertiary/aromatic N) is 1. The van der Waals surface area contributed by atoms with Crippen molar-refractivity contribution in [1.82, 2.24) is 4.90 Å². The topological polar surface area (TPSA) is 83.9 Å². The largest absolute Gasteiger partial charge is 0.486 e. The maximum atomic E-state index is 12.6. The quantitative estimate of drug-likeness (QED) is 0.898. The summed E-state index contributed by atoms with van der Waals surface area (Å²) in [5, 5.41) is 9.16. The first-order chi connectivity index (χ1) is 11.3. The van der Waals surface area contributed by atoms with E-state index in [9.17, 15) is 14.4 Å². The van der Waals surface area contributed by atoms with E-state index in [2.05, 4.69) is 0 Å². The number of carbonyl (C=O) groups excluding carboxylic acids is 2. The average molecular weight is 331 g/mol. The molecule has 24 heavy (non-hydrogen) atoms. The highest BCUT2D eigenvalue weighted by molar-refractivity contribution is 6.00. The number of fused-ring (bicyclic) bond motifs is 1. The molecule has 0 radical (unpaired) electrons. The van der Waals surface area contributed by atoms with Gasteiger partial charge < -0.3 is 14.7 Å². The summed E-state index contributed by atoms with van der Waals surface area (Å²) in [7, 11) is 0. The van der Waals surface area contributed by atoms with E-state index in [0.29, 0.717) is 24.2 Å². The van der Waals surface area contributed by atoms with Crippen LogP contribution in [0.3, 0.4) is 0 Å². The lowest BCUT2D eigenvalue weighted by Gasteiger charge is -2.37. The van der Waals surface area contributed by atoms with Gasteiger partial charge in [-0.3, -0.25) is 9.59 Å². The van der Waals surface area contributed by atoms with Gasteiger partial charge in [0.25, 0.3) is 0 Å². The molecule has 0 bridgehead atoms. The number of ether oxygens (including phenoxy) is 1. The van der Waals surface area contributed by atoms with Crippen molar-refractivity contribution >= 4 is 17.7 Å². The van der Waals surface area contributed by atoms with Crippen molar-refractivity contribution in [3.05, 3.63) is 29.3 Å². The molecule has 1 aromatic rings. The number of rotatable bonds is 2. The van der Waals surface area contributed by atoms with Crippen LogP contribution in [0, 0.1) is 6.92 Å². The number of hydrogen-bond acceptors (Lipinski definition) is 4. The molecule has 2 heterocycles. The molecule has 6 nitrogen and oxygen atoms in total. The summed E-state index contributed by atoms with van der Waals surface area (Å²) in [6, 6.07) is 4.65. The number of amides is 1. The molecule has 1 aromatic carbocycles. The first kappa shape index (κ1) is 16.5. The second-order valence-corrected chi connectivity index (χ2v) is 6.74. The SMILES string of the molecule is Cc1ccc2c(c1)C(=O)C[C@]1(CCC(=O)N([C@@H](C)C(=O)O)CC1)O2. The third-order valence-electron chi connectivity index (χ3n) is 4.99. The van der Waals surface area contributed by atoms with E-state index in [1.807, 2.05) is 19.1 Å². The number of hydrogen-bond donors (Lipinski definition) is 1. The summed E-state index contributed by atoms with van der Waals surface area (Å²) in [5.41, 5.74) is 0.869. The Balaban J connectivity index is 1.85. The second-order valence-electron chi connectivity index (χ2n) is 6.74. The van der Waals surface area contributed by atoms with E-state index >= 15 is 0 Å². The minimum absolute atomic E-state index is 0.0205. The zero-order valence-electron chi connectivity index (χ0n) is 13.9. The van der Waals surface area contributed by atoms with E-state index in [4.69, 9.17) is 9.84 Å². The van der Waals surface area contributed by atoms with Crippen LogP contribution in [0.15, 0.2) is 18.2 Å². The van der Waals surface area contributed by atoms with Gasteiger partial charge in [-0.2, -0.15) is 0 Å². The van der Waals surface area contributed by atoms with Crippen molar-refractivity contribution in [3.63, 3.8) is 0 Å². The highest BCUT2D eigenvalue weighted by Gasteiger charge is 2.44. The molecule has 6 heteroatoms. The van der Waals surface area contributed by atoms with Gasteiger partial charge in [0, 0.05) is 19.4 Å². The van der Waals surface area contributed by atoms with E-state index < -0.39 is 17.6 Å². The van der Waals surface area contributed by atoms with Gasteiger partial charge in [-0.15, -0.1) is 0 Å². The zero-order valence-corrected chi connectivity index (χ0v) is 13.9. The maximum Gasteiger partial charge on any atom is 0.326 e. The molecule has 1 saturated heterocycles. The molecule has 0 saturated carbocycles. The summed E-state index contributed by atoms with van der Waals surface area (Å²) < 4.78 is 6.16. The Labute approximate surface area is 140 Å². The number of benzene rings is 1. The molecule has 2 aliphatic rings. The van der Waals surface area contributed by atoms with Crippen LogP contribution in [-0.2, 0) is 9.59 Å². The highest BCUT2D eigenvalue weighted by atomic mass is 16.5. The van der Waals surface area contributed by atoms with Crippen molar-refractivity contribution in [2.24, 2.45) is 0 Å². The van der Waals surface area contributed by atoms with Crippen LogP contribution >= 0.6 is 0 Å². The fraction of sp³-hybridized carbons (Fsp3) is 0.500. The average Bonchev–Trinajstić information content (AvgIpc) is 2.68. The van der Waals surface area contributed by atoms with Crippen LogP contribution in [0.5, 0.6) is 5.75 Å². The molecule has 0 aliphatic carbocycles. The van der Waals surface area contributed by atoms with E-state index in [1.165, 1.54) is 11.8 Å². The molecule has 2 aliphatic heterocycles. The fourth-order valence-electron chi connectivity index (χ4n) is 3.48. The number of aliphatic carboxylic acids is 1. The number of ketones is 1. The number of carboxylic acids is 1. The molecule has 1 amide bonds. The molecule has 0 aromatic heterocycles. The molecule has 3 rings (SSSR count). The monoisotopic (exact) mass is 331 g/mol. The standard InChI is InChI=1S/C18H21NO5/c1-11-3-4-15-13(9-11)14(20)10-18(24-15)6-5-16(21)19(8-7-18)12(2)17(22)23/h3-4,9,12H,5-8,10H2,1-2H3,(H,22,23)/t12-,18+/m0/s1. The van der Waals surface area contributed by atoms with Crippen molar-refractivity contribution < 1.29 is 24.2 Å². The minimum Gasteiger partial charge on any atom is -0.486 e. The lowest BCUT2D eigenvalue weighted by Crippen LogP contribution is -2.45. The third kappa shape index (κ3) is 2.88. The summed E-state index contributed by atoms with van der Waals surface area (Å²) in [5.74, 6) is -0.649. The molecule has 1 N–H and O–H groups in total. The van der Waals surface area contributed by atoms with Crippen LogP contribution in [0.2, 0.25) is 0 Å². The Morgan fingerprint density at radius 3 is 2.79 bits per heavy atom. The van der Waals surface area contributed by atoms with Crippen LogP contribution in [0.1, 0.15) is 48.5 Å². The molecule has 1 fully saturated rings. The summed E-state index contributed by atoms with van der Waals surface area (Å²) in [6.45, 7) is 3.71. The lowest BCUT2D eigenvalue weighted by molar-refractivity contribution is -0.149. The number of Topliss-reactive ketones (excluding diaryl/α,β-unsaturated/α-hetero) is 1. The predicted octanol–water partition coefficient (Wildman–Crippen LogP) is 2.18. The van der Waals surface area contributed by atoms with Crippen molar-refractivity contribution in [3.8, 4) is 5.75 Å². The first-order valence-electron chi connectivity index (χ1n) is 8.16. The Morgan fingerprint density at radius 1 is 1.33 bits per heavy atom. The second kappa shape index (κ2) is 5.92. The van der Waals surface area contributed by atoms with E-state index in [1.54, 1.807) is 6.07 Å². The van der Waals surface area contributed by atoms with Gasteiger partial charge >= 0.3 is 5.97 Å². The molecular weight excluding hydrogens is 310 g/mol. The summed E-state index contributed by atoms with van der Waals surface area (Å²) in [6.07, 6.45) is 1.29. The number of likely N-dealkylation sites (tertiary alicyclic amines) is 1. The Morgan fingerprint density at radius 2 is 2.08 bits per heavy atom. The van der Waals surface area contributed by atoms with Gasteiger partial charge in [-0.25, -0.2) is 4.79 Å². The van der Waals surface area contributed by atoms with Gasteiger partial charge in [0.05, 0.1) is 12.0 Å². The number of carboxylic acid groups (broad SMARTS) is 1. The molecule has 0 unspecified atom stereocenters. The summed E-state index contributed by atoms with van der Waals surface area (Å²) in [4.78, 5) is 37.4. The molecule has 1 spiro atoms. The number of aryl methyl sites for hydroxylation is 1. The van der Waals surface area contributed by atoms with Gasteiger partial charge in [0.15, 0.2) is 5.78 Å². The fourth-order valence-corrected chi connectivity index (χ4v) is 3.48. The van der Waals surface area contributed by atoms with Crippen LogP contribution in [0.4, 0.5) is 0 Å². The highest BCUT2D eigenvalue weighted by Crippen LogP contribution is 2.40. The molecular formula is C18H21NO5. The predicted molar refractivity (Wildman–Crippen MR) is 86.1 cm³/mol. The third-order valence-corrected chi connectivity index (χ3v) is 4.99. The van der Waals surface area contributed by atoms with Gasteiger partial charge in [-0.05, 0) is 32.4 Å². The van der Waals surface area contributed by atoms with Crippen LogP contribution < -0.4 is 4.74 Å². The van der Waals surface area contributed by atoms with Crippen LogP contribution in [0.25, 0.3) is 0 Å². The maximum absolute atomic E-state index is 12.6. The molecule has 2 atom stereocenters. The summed E-state index contributed by atoms with van der Waals surface area (Å²) >= 11 is 0.